The number of carbonyl (C=O) groups is 3. The summed E-state index contributed by atoms with van der Waals surface area (Å²) in [7, 11) is -2.44. The smallest absolute Gasteiger partial charge is 0.426 e. The lowest BCUT2D eigenvalue weighted by Gasteiger charge is -2.33. The molecule has 1 saturated carbocycles. The third-order valence-electron chi connectivity index (χ3n) is 8.52. The first-order valence-electron chi connectivity index (χ1n) is 17.1. The van der Waals surface area contributed by atoms with Gasteiger partial charge in [0.2, 0.25) is 5.91 Å². The van der Waals surface area contributed by atoms with Crippen LogP contribution in [0.15, 0.2) is 54.6 Å². The first kappa shape index (κ1) is 40.3. The number of hydrazine groups is 1. The Kier molecular flexibility index (Phi) is 16.9. The largest absolute Gasteiger partial charge is 0.443 e. The quantitative estimate of drug-likeness (QED) is 0.116. The van der Waals surface area contributed by atoms with E-state index >= 15 is 0 Å². The van der Waals surface area contributed by atoms with Crippen molar-refractivity contribution in [3.8, 4) is 0 Å². The molecule has 3 N–H and O–H groups in total. The van der Waals surface area contributed by atoms with Gasteiger partial charge in [-0.25, -0.2) is 20.0 Å². The Morgan fingerprint density at radius 2 is 1.69 bits per heavy atom. The van der Waals surface area contributed by atoms with Crippen LogP contribution in [-0.2, 0) is 29.8 Å². The normalized spacial score (nSPS) is 15.5. The highest BCUT2D eigenvalue weighted by Crippen LogP contribution is 2.53. The van der Waals surface area contributed by atoms with Gasteiger partial charge in [-0.2, -0.15) is 0 Å². The van der Waals surface area contributed by atoms with E-state index in [1.54, 1.807) is 50.1 Å². The summed E-state index contributed by atoms with van der Waals surface area (Å²) < 4.78 is 29.9. The predicted molar refractivity (Wildman–Crippen MR) is 189 cm³/mol. The summed E-state index contributed by atoms with van der Waals surface area (Å²) in [6, 6.07) is 14.7. The molecule has 2 aromatic rings. The lowest BCUT2D eigenvalue weighted by atomic mass is 9.89. The maximum Gasteiger partial charge on any atom is 0.426 e. The van der Waals surface area contributed by atoms with E-state index in [1.807, 2.05) is 37.3 Å². The number of amides is 4. The molecule has 0 aromatic heterocycles. The van der Waals surface area contributed by atoms with E-state index in [1.165, 1.54) is 0 Å². The van der Waals surface area contributed by atoms with Crippen molar-refractivity contribution < 1.29 is 37.8 Å². The zero-order valence-corrected chi connectivity index (χ0v) is 30.7. The minimum atomic E-state index is -4.14. The highest BCUT2D eigenvalue weighted by molar-refractivity contribution is 7.54. The molecule has 2 unspecified atom stereocenters. The van der Waals surface area contributed by atoms with E-state index in [-0.39, 0.29) is 57.0 Å². The molecule has 0 saturated heterocycles. The zero-order chi connectivity index (χ0) is 35.8. The Morgan fingerprint density at radius 3 is 2.33 bits per heavy atom. The second-order valence-electron chi connectivity index (χ2n) is 12.4. The number of nitrogens with zero attached hydrogens (tertiary/aromatic N) is 2. The van der Waals surface area contributed by atoms with E-state index in [9.17, 15) is 24.1 Å². The Labute approximate surface area is 295 Å². The highest BCUT2D eigenvalue weighted by Gasteiger charge is 2.41. The van der Waals surface area contributed by atoms with Crippen LogP contribution >= 0.6 is 19.2 Å². The Bertz CT molecular complexity index is 1370. The molecule has 12 nitrogen and oxygen atoms in total. The van der Waals surface area contributed by atoms with Crippen LogP contribution in [-0.4, -0.2) is 78.3 Å². The van der Waals surface area contributed by atoms with Gasteiger partial charge in [-0.3, -0.25) is 9.36 Å². The number of ether oxygens (including phenoxy) is 1. The first-order chi connectivity index (χ1) is 23.4. The van der Waals surface area contributed by atoms with E-state index in [2.05, 4.69) is 10.7 Å². The number of hydrogen-bond acceptors (Lipinski definition) is 8. The van der Waals surface area contributed by atoms with Gasteiger partial charge in [-0.05, 0) is 68.2 Å². The molecular formula is C35H52ClN4O8P. The van der Waals surface area contributed by atoms with Crippen LogP contribution in [0.25, 0.3) is 0 Å². The van der Waals surface area contributed by atoms with Gasteiger partial charge in [0, 0.05) is 31.6 Å². The summed E-state index contributed by atoms with van der Waals surface area (Å²) in [5, 5.41) is 15.8. The molecule has 14 heteroatoms. The first-order valence-corrected chi connectivity index (χ1v) is 19.1. The van der Waals surface area contributed by atoms with Gasteiger partial charge in [0.1, 0.15) is 6.61 Å². The second kappa shape index (κ2) is 20.5. The van der Waals surface area contributed by atoms with Gasteiger partial charge in [0.05, 0.1) is 19.3 Å². The van der Waals surface area contributed by atoms with Crippen LogP contribution in [0.1, 0.15) is 82.8 Å². The van der Waals surface area contributed by atoms with Crippen LogP contribution in [0.3, 0.4) is 0 Å². The molecule has 1 aliphatic rings. The third kappa shape index (κ3) is 13.2. The number of rotatable bonds is 17. The van der Waals surface area contributed by atoms with Crippen LogP contribution in [0, 0.1) is 5.92 Å². The summed E-state index contributed by atoms with van der Waals surface area (Å²) in [6.07, 6.45) is 3.86. The Morgan fingerprint density at radius 1 is 1.02 bits per heavy atom. The lowest BCUT2D eigenvalue weighted by molar-refractivity contribution is -0.130. The number of hydrogen-bond donors (Lipinski definition) is 3. The molecule has 2 aromatic carbocycles. The fourth-order valence-electron chi connectivity index (χ4n) is 5.90. The van der Waals surface area contributed by atoms with Crippen molar-refractivity contribution in [2.24, 2.45) is 5.92 Å². The van der Waals surface area contributed by atoms with Gasteiger partial charge in [-0.1, -0.05) is 80.3 Å². The Hall–Kier alpha value is -3.15. The van der Waals surface area contributed by atoms with Crippen molar-refractivity contribution in [2.45, 2.75) is 90.1 Å². The number of aliphatic hydroxyl groups is 1. The molecule has 49 heavy (non-hydrogen) atoms. The topological polar surface area (TPSA) is 147 Å². The molecule has 0 aliphatic heterocycles. The molecule has 0 bridgehead atoms. The van der Waals surface area contributed by atoms with Crippen molar-refractivity contribution >= 4 is 37.2 Å². The number of carbonyl (C=O) groups excluding carboxylic acids is 3. The molecule has 3 atom stereocenters. The van der Waals surface area contributed by atoms with E-state index in [0.717, 1.165) is 42.7 Å². The molecular weight excluding hydrogens is 671 g/mol. The molecule has 0 spiro atoms. The summed E-state index contributed by atoms with van der Waals surface area (Å²) in [6.45, 7) is 5.80. The molecule has 3 rings (SSSR count). The van der Waals surface area contributed by atoms with Crippen molar-refractivity contribution in [3.63, 3.8) is 0 Å². The molecule has 4 amide bonds. The minimum Gasteiger partial charge on any atom is -0.443 e. The maximum absolute atomic E-state index is 13.9. The second-order valence-corrected chi connectivity index (χ2v) is 15.0. The third-order valence-corrected chi connectivity index (χ3v) is 11.0. The van der Waals surface area contributed by atoms with E-state index in [0.29, 0.717) is 17.1 Å². The van der Waals surface area contributed by atoms with Gasteiger partial charge < -0.3 is 29.1 Å². The Balaban J connectivity index is 1.76. The van der Waals surface area contributed by atoms with Crippen molar-refractivity contribution in [3.05, 3.63) is 70.7 Å². The fraction of sp³-hybridized carbons (Fsp3) is 0.571. The maximum atomic E-state index is 13.9. The van der Waals surface area contributed by atoms with Gasteiger partial charge >= 0.3 is 19.7 Å². The molecule has 0 heterocycles. The van der Waals surface area contributed by atoms with Crippen LogP contribution in [0.4, 0.5) is 9.59 Å². The van der Waals surface area contributed by atoms with Crippen molar-refractivity contribution in [1.29, 1.82) is 0 Å². The van der Waals surface area contributed by atoms with Crippen LogP contribution in [0.2, 0.25) is 5.02 Å². The molecule has 272 valence electrons. The van der Waals surface area contributed by atoms with E-state index < -0.39 is 31.6 Å². The van der Waals surface area contributed by atoms with Gasteiger partial charge in [0.25, 0.3) is 0 Å². The number of nitrogens with one attached hydrogen (secondary N) is 2. The number of halogens is 1. The predicted octanol–water partition coefficient (Wildman–Crippen LogP) is 7.07. The van der Waals surface area contributed by atoms with Gasteiger partial charge in [-0.15, -0.1) is 0 Å². The number of likely N-dealkylation sites (N-methyl/N-ethyl adjacent to an activating group) is 1. The zero-order valence-electron chi connectivity index (χ0n) is 29.0. The molecule has 1 fully saturated rings. The van der Waals surface area contributed by atoms with Crippen LogP contribution in [0.5, 0.6) is 0 Å². The average Bonchev–Trinajstić information content (AvgIpc) is 3.09. The van der Waals surface area contributed by atoms with Crippen molar-refractivity contribution in [2.75, 3.05) is 33.4 Å². The standard InChI is InChI=1S/C35H52ClN4O8P/c1-5-47-49(45,48-6-2)33(42)31(20-21-32(41)39(4)23-26(3)29-17-11-8-12-18-29)37-34(43)40(24-27-14-9-7-10-15-27)38-35(44)46-25-28-16-13-19-30(36)22-28/h8,11-13,16-19,22,26-27,31,33,42H,5-7,9-10,14-15,20-21,23-25H2,1-4H3,(H,37,43)(H,38,44)/t26?,31-,33?/m0/s1. The van der Waals surface area contributed by atoms with Gasteiger partial charge in [0.15, 0.2) is 5.85 Å². The summed E-state index contributed by atoms with van der Waals surface area (Å²) in [5.41, 5.74) is 4.30. The number of aliphatic hydroxyl groups excluding tert-OH is 1. The van der Waals surface area contributed by atoms with E-state index in [4.69, 9.17) is 25.4 Å². The summed E-state index contributed by atoms with van der Waals surface area (Å²) >= 11 is 6.05. The van der Waals surface area contributed by atoms with Crippen molar-refractivity contribution in [1.82, 2.24) is 20.7 Å². The van der Waals surface area contributed by atoms with Crippen LogP contribution < -0.4 is 10.7 Å². The SMILES string of the molecule is CCOP(=O)(OCC)C(O)[C@H](CCC(=O)N(C)CC(C)c1ccccc1)NC(=O)N(CC1CCCCC1)NC(=O)OCc1cccc(Cl)c1. The number of urea groups is 1. The highest BCUT2D eigenvalue weighted by atomic mass is 35.5. The summed E-state index contributed by atoms with van der Waals surface area (Å²) in [4.78, 5) is 41.7. The number of benzene rings is 2. The molecule has 0 radical (unpaired) electrons. The summed E-state index contributed by atoms with van der Waals surface area (Å²) in [5.74, 6) is -1.82. The fourth-order valence-corrected chi connectivity index (χ4v) is 7.87. The molecule has 1 aliphatic carbocycles. The lowest BCUT2D eigenvalue weighted by Crippen LogP contribution is -2.56. The average molecular weight is 723 g/mol. The minimum absolute atomic E-state index is 0.0120. The monoisotopic (exact) mass is 722 g/mol.